The summed E-state index contributed by atoms with van der Waals surface area (Å²) in [6.07, 6.45) is 5.12. The highest BCUT2D eigenvalue weighted by Crippen LogP contribution is 2.14. The number of carbonyl (C=O) groups is 1. The van der Waals surface area contributed by atoms with Gasteiger partial charge in [0.1, 0.15) is 0 Å². The van der Waals surface area contributed by atoms with Crippen LogP contribution in [0.2, 0.25) is 0 Å². The summed E-state index contributed by atoms with van der Waals surface area (Å²) in [5.74, 6) is 12.1. The van der Waals surface area contributed by atoms with E-state index in [1.807, 2.05) is 36.4 Å². The first kappa shape index (κ1) is 14.9. The van der Waals surface area contributed by atoms with E-state index in [4.69, 9.17) is 4.74 Å². The lowest BCUT2D eigenvalue weighted by molar-refractivity contribution is -0.142. The Bertz CT molecular complexity index is 633. The van der Waals surface area contributed by atoms with Gasteiger partial charge in [0.15, 0.2) is 6.10 Å². The van der Waals surface area contributed by atoms with E-state index in [1.54, 1.807) is 0 Å². The van der Waals surface area contributed by atoms with E-state index >= 15 is 0 Å². The van der Waals surface area contributed by atoms with Crippen LogP contribution < -0.4 is 0 Å². The van der Waals surface area contributed by atoms with Crippen LogP contribution in [0.5, 0.6) is 0 Å². The second-order valence-electron chi connectivity index (χ2n) is 4.83. The molecule has 1 unspecified atom stereocenters. The lowest BCUT2D eigenvalue weighted by Crippen LogP contribution is -2.16. The summed E-state index contributed by atoms with van der Waals surface area (Å²) in [6.45, 7) is 1.40. The van der Waals surface area contributed by atoms with E-state index in [9.17, 15) is 4.79 Å². The molecular weight excluding hydrogens is 260 g/mol. The molecule has 21 heavy (non-hydrogen) atoms. The van der Waals surface area contributed by atoms with Gasteiger partial charge < -0.3 is 4.74 Å². The van der Waals surface area contributed by atoms with Crippen molar-refractivity contribution in [3.8, 4) is 23.7 Å². The highest BCUT2D eigenvalue weighted by Gasteiger charge is 2.13. The average molecular weight is 278 g/mol. The van der Waals surface area contributed by atoms with Gasteiger partial charge in [-0.25, -0.2) is 0 Å². The fourth-order valence-corrected chi connectivity index (χ4v) is 2.00. The smallest absolute Gasteiger partial charge is 0.304 e. The summed E-state index contributed by atoms with van der Waals surface area (Å²) in [7, 11) is 0. The quantitative estimate of drug-likeness (QED) is 0.610. The lowest BCUT2D eigenvalue weighted by Gasteiger charge is -2.11. The maximum absolute atomic E-state index is 11.3. The number of esters is 1. The van der Waals surface area contributed by atoms with Gasteiger partial charge in [0, 0.05) is 19.8 Å². The maximum Gasteiger partial charge on any atom is 0.304 e. The normalized spacial score (nSPS) is 19.7. The van der Waals surface area contributed by atoms with Crippen molar-refractivity contribution in [2.45, 2.75) is 38.7 Å². The molecule has 0 aliphatic heterocycles. The minimum atomic E-state index is -0.576. The van der Waals surface area contributed by atoms with E-state index in [-0.39, 0.29) is 5.97 Å². The summed E-state index contributed by atoms with van der Waals surface area (Å²) in [6, 6.07) is 9.88. The van der Waals surface area contributed by atoms with Crippen molar-refractivity contribution < 1.29 is 9.53 Å². The molecule has 0 heterocycles. The Morgan fingerprint density at radius 1 is 1.19 bits per heavy atom. The van der Waals surface area contributed by atoms with Crippen LogP contribution in [0.25, 0.3) is 6.08 Å². The van der Waals surface area contributed by atoms with Gasteiger partial charge in [-0.2, -0.15) is 0 Å². The van der Waals surface area contributed by atoms with Crippen molar-refractivity contribution in [3.63, 3.8) is 0 Å². The molecule has 0 radical (unpaired) electrons. The monoisotopic (exact) mass is 278 g/mol. The molecule has 0 saturated carbocycles. The predicted molar refractivity (Wildman–Crippen MR) is 84.0 cm³/mol. The minimum absolute atomic E-state index is 0.341. The molecular formula is C19H18O2. The molecule has 1 aromatic carbocycles. The van der Waals surface area contributed by atoms with Gasteiger partial charge in [-0.15, -0.1) is 0 Å². The molecule has 0 fully saturated rings. The van der Waals surface area contributed by atoms with Gasteiger partial charge >= 0.3 is 5.97 Å². The third kappa shape index (κ3) is 5.21. The Hall–Kier alpha value is -2.45. The highest BCUT2D eigenvalue weighted by molar-refractivity contribution is 5.69. The molecule has 2 nitrogen and oxygen atoms in total. The van der Waals surface area contributed by atoms with Gasteiger partial charge in [-0.3, -0.25) is 4.79 Å². The zero-order chi connectivity index (χ0) is 14.9. The van der Waals surface area contributed by atoms with E-state index in [2.05, 4.69) is 23.7 Å². The van der Waals surface area contributed by atoms with E-state index < -0.39 is 6.10 Å². The SMILES string of the molecule is CC(=O)OC1C#CCCCCC#C/C1=C\c1ccccc1. The van der Waals surface area contributed by atoms with Crippen molar-refractivity contribution in [2.75, 3.05) is 0 Å². The molecule has 0 saturated heterocycles. The summed E-state index contributed by atoms with van der Waals surface area (Å²) < 4.78 is 5.32. The lowest BCUT2D eigenvalue weighted by atomic mass is 10.0. The van der Waals surface area contributed by atoms with Crippen molar-refractivity contribution in [3.05, 3.63) is 41.5 Å². The van der Waals surface area contributed by atoms with Crippen LogP contribution in [0.4, 0.5) is 0 Å². The number of hydrogen-bond donors (Lipinski definition) is 0. The van der Waals surface area contributed by atoms with Crippen LogP contribution in [0, 0.1) is 23.7 Å². The fourth-order valence-electron chi connectivity index (χ4n) is 2.00. The summed E-state index contributed by atoms with van der Waals surface area (Å²) in [5, 5.41) is 0. The zero-order valence-corrected chi connectivity index (χ0v) is 12.2. The molecule has 0 bridgehead atoms. The van der Waals surface area contributed by atoms with Gasteiger partial charge in [-0.05, 0) is 24.5 Å². The van der Waals surface area contributed by atoms with Gasteiger partial charge in [0.25, 0.3) is 0 Å². The number of hydrogen-bond acceptors (Lipinski definition) is 2. The third-order valence-corrected chi connectivity index (χ3v) is 3.01. The second-order valence-corrected chi connectivity index (χ2v) is 4.83. The molecule has 1 aliphatic carbocycles. The number of rotatable bonds is 2. The first-order chi connectivity index (χ1) is 10.3. The van der Waals surface area contributed by atoms with Crippen LogP contribution >= 0.6 is 0 Å². The van der Waals surface area contributed by atoms with Crippen molar-refractivity contribution in [2.24, 2.45) is 0 Å². The molecule has 1 aliphatic rings. The summed E-state index contributed by atoms with van der Waals surface area (Å²) in [5.41, 5.74) is 1.77. The van der Waals surface area contributed by atoms with E-state index in [0.29, 0.717) is 0 Å². The van der Waals surface area contributed by atoms with Gasteiger partial charge in [0.2, 0.25) is 0 Å². The molecule has 1 atom stereocenters. The Labute approximate surface area is 126 Å². The molecule has 2 rings (SSSR count). The van der Waals surface area contributed by atoms with E-state index in [1.165, 1.54) is 6.92 Å². The maximum atomic E-state index is 11.3. The first-order valence-corrected chi connectivity index (χ1v) is 7.17. The highest BCUT2D eigenvalue weighted by atomic mass is 16.5. The Morgan fingerprint density at radius 2 is 1.90 bits per heavy atom. The average Bonchev–Trinajstić information content (AvgIpc) is 2.48. The minimum Gasteiger partial charge on any atom is -0.444 e. The Morgan fingerprint density at radius 3 is 2.62 bits per heavy atom. The van der Waals surface area contributed by atoms with Crippen molar-refractivity contribution >= 4 is 12.0 Å². The molecule has 0 aromatic heterocycles. The third-order valence-electron chi connectivity index (χ3n) is 3.01. The van der Waals surface area contributed by atoms with Crippen LogP contribution in [-0.4, -0.2) is 12.1 Å². The summed E-state index contributed by atoms with van der Waals surface area (Å²) in [4.78, 5) is 11.3. The van der Waals surface area contributed by atoms with Crippen molar-refractivity contribution in [1.29, 1.82) is 0 Å². The molecule has 0 N–H and O–H groups in total. The molecule has 1 aromatic rings. The Kier molecular flexibility index (Phi) is 5.68. The second kappa shape index (κ2) is 7.98. The van der Waals surface area contributed by atoms with E-state index in [0.717, 1.165) is 36.8 Å². The van der Waals surface area contributed by atoms with Crippen molar-refractivity contribution in [1.82, 2.24) is 0 Å². The molecule has 0 spiro atoms. The first-order valence-electron chi connectivity index (χ1n) is 7.17. The van der Waals surface area contributed by atoms with Crippen LogP contribution in [0.1, 0.15) is 38.2 Å². The molecule has 106 valence electrons. The zero-order valence-electron chi connectivity index (χ0n) is 12.2. The largest absolute Gasteiger partial charge is 0.444 e. The topological polar surface area (TPSA) is 26.3 Å². The van der Waals surface area contributed by atoms with Crippen LogP contribution in [-0.2, 0) is 9.53 Å². The summed E-state index contributed by atoms with van der Waals surface area (Å²) >= 11 is 0. The Balaban J connectivity index is 2.36. The number of benzene rings is 1. The van der Waals surface area contributed by atoms with Gasteiger partial charge in [-0.1, -0.05) is 54.0 Å². The standard InChI is InChI=1S/C19H18O2/c1-16(20)21-19-14-10-5-3-2-4-9-13-18(19)15-17-11-7-6-8-12-17/h6-8,11-12,15,19H,2-5H2,1H3/b18-15+. The number of carbonyl (C=O) groups excluding carboxylic acids is 1. The van der Waals surface area contributed by atoms with Crippen LogP contribution in [0.15, 0.2) is 35.9 Å². The number of ether oxygens (including phenoxy) is 1. The molecule has 2 heteroatoms. The van der Waals surface area contributed by atoms with Crippen LogP contribution in [0.3, 0.4) is 0 Å². The molecule has 0 amide bonds. The predicted octanol–water partition coefficient (Wildman–Crippen LogP) is 3.58. The van der Waals surface area contributed by atoms with Gasteiger partial charge in [0.05, 0.1) is 5.57 Å². The fraction of sp³-hybridized carbons (Fsp3) is 0.316.